The minimum Gasteiger partial charge on any atom is -0.199 e. The molecule has 0 radical (unpaired) electrons. The molecular weight excluding hydrogens is 290 g/mol. The van der Waals surface area contributed by atoms with E-state index in [2.05, 4.69) is 20.3 Å². The highest BCUT2D eigenvalue weighted by molar-refractivity contribution is 9.09. The van der Waals surface area contributed by atoms with Gasteiger partial charge in [-0.05, 0) is 6.07 Å². The van der Waals surface area contributed by atoms with Crippen LogP contribution in [0.25, 0.3) is 0 Å². The van der Waals surface area contributed by atoms with Crippen LogP contribution < -0.4 is 0 Å². The second kappa shape index (κ2) is 3.96. The summed E-state index contributed by atoms with van der Waals surface area (Å²) in [6.45, 7) is 3.95. The Balaban J connectivity index is 2.60. The van der Waals surface area contributed by atoms with E-state index in [0.717, 1.165) is 5.56 Å². The van der Waals surface area contributed by atoms with Crippen molar-refractivity contribution >= 4 is 31.7 Å². The Hall–Kier alpha value is -0.680. The maximum Gasteiger partial charge on any atom is 0.283 e. The molecule has 86 valence electrons. The zero-order valence-corrected chi connectivity index (χ0v) is 11.4. The van der Waals surface area contributed by atoms with Crippen LogP contribution in [0.1, 0.15) is 19.4 Å². The van der Waals surface area contributed by atoms with Gasteiger partial charge in [-0.1, -0.05) is 48.0 Å². The summed E-state index contributed by atoms with van der Waals surface area (Å²) >= 11 is 3.46. The Morgan fingerprint density at radius 1 is 1.25 bits per heavy atom. The number of hydrogen-bond acceptors (Lipinski definition) is 2. The molecule has 0 fully saturated rings. The highest BCUT2D eigenvalue weighted by Crippen LogP contribution is 2.31. The van der Waals surface area contributed by atoms with Gasteiger partial charge in [-0.25, -0.2) is 0 Å². The van der Waals surface area contributed by atoms with Crippen molar-refractivity contribution in [2.75, 3.05) is 0 Å². The zero-order valence-electron chi connectivity index (χ0n) is 9.01. The zero-order chi connectivity index (χ0) is 11.9. The van der Waals surface area contributed by atoms with Crippen molar-refractivity contribution in [3.8, 4) is 0 Å². The number of halogens is 1. The fraction of sp³-hybridized carbons (Fsp3) is 0.364. The maximum absolute atomic E-state index is 11.8. The second-order valence-electron chi connectivity index (χ2n) is 3.91. The van der Waals surface area contributed by atoms with Gasteiger partial charge in [0.1, 0.15) is 0 Å². The first-order valence-corrected chi connectivity index (χ1v) is 7.37. The van der Waals surface area contributed by atoms with Crippen LogP contribution in [0.3, 0.4) is 0 Å². The minimum absolute atomic E-state index is 0.0680. The van der Waals surface area contributed by atoms with Crippen LogP contribution in [-0.4, -0.2) is 19.0 Å². The van der Waals surface area contributed by atoms with Crippen LogP contribution in [0.4, 0.5) is 0 Å². The number of benzene rings is 1. The Morgan fingerprint density at radius 3 is 2.50 bits per heavy atom. The molecule has 2 rings (SSSR count). The molecule has 0 amide bonds. The third kappa shape index (κ3) is 1.82. The quantitative estimate of drug-likeness (QED) is 0.788. The van der Waals surface area contributed by atoms with Crippen LogP contribution >= 0.6 is 15.9 Å². The third-order valence-corrected chi connectivity index (χ3v) is 4.92. The summed E-state index contributed by atoms with van der Waals surface area (Å²) in [6, 6.07) is 6.97. The molecular formula is C11H12BrNO2S. The van der Waals surface area contributed by atoms with Crippen LogP contribution in [0.15, 0.2) is 33.6 Å². The van der Waals surface area contributed by atoms with E-state index in [9.17, 15) is 8.42 Å². The largest absolute Gasteiger partial charge is 0.283 e. The predicted octanol–water partition coefficient (Wildman–Crippen LogP) is 2.60. The SMILES string of the molecule is CC(Br)C(C)C1=NS(=O)(=O)c2ccccc21. The molecule has 0 N–H and O–H groups in total. The summed E-state index contributed by atoms with van der Waals surface area (Å²) in [5, 5.41) is 0. The molecule has 1 aromatic carbocycles. The Labute approximate surface area is 104 Å². The van der Waals surface area contributed by atoms with Crippen molar-refractivity contribution in [2.24, 2.45) is 10.3 Å². The highest BCUT2D eigenvalue weighted by atomic mass is 79.9. The summed E-state index contributed by atoms with van der Waals surface area (Å²) < 4.78 is 27.4. The first-order chi connectivity index (χ1) is 7.43. The molecule has 0 saturated heterocycles. The summed E-state index contributed by atoms with van der Waals surface area (Å²) in [5.74, 6) is 0.0680. The van der Waals surface area contributed by atoms with Crippen molar-refractivity contribution in [2.45, 2.75) is 23.6 Å². The van der Waals surface area contributed by atoms with Gasteiger partial charge in [0, 0.05) is 16.3 Å². The number of alkyl halides is 1. The van der Waals surface area contributed by atoms with E-state index in [1.807, 2.05) is 26.0 Å². The third-order valence-electron chi connectivity index (χ3n) is 2.78. The van der Waals surface area contributed by atoms with Gasteiger partial charge in [0.15, 0.2) is 0 Å². The molecule has 0 bridgehead atoms. The summed E-state index contributed by atoms with van der Waals surface area (Å²) in [7, 11) is -3.47. The van der Waals surface area contributed by atoms with Crippen LogP contribution in [0, 0.1) is 5.92 Å². The van der Waals surface area contributed by atoms with Crippen molar-refractivity contribution < 1.29 is 8.42 Å². The van der Waals surface area contributed by atoms with E-state index >= 15 is 0 Å². The lowest BCUT2D eigenvalue weighted by molar-refractivity contribution is 0.599. The summed E-state index contributed by atoms with van der Waals surface area (Å²) in [6.07, 6.45) is 0. The summed E-state index contributed by atoms with van der Waals surface area (Å²) in [5.41, 5.74) is 1.39. The molecule has 16 heavy (non-hydrogen) atoms. The van der Waals surface area contributed by atoms with E-state index in [0.29, 0.717) is 10.6 Å². The van der Waals surface area contributed by atoms with Crippen molar-refractivity contribution in [1.82, 2.24) is 0 Å². The summed E-state index contributed by atoms with van der Waals surface area (Å²) in [4.78, 5) is 0.512. The smallest absolute Gasteiger partial charge is 0.199 e. The first kappa shape index (κ1) is 11.8. The number of nitrogens with zero attached hydrogens (tertiary/aromatic N) is 1. The molecule has 1 heterocycles. The highest BCUT2D eigenvalue weighted by Gasteiger charge is 2.32. The predicted molar refractivity (Wildman–Crippen MR) is 67.7 cm³/mol. The number of fused-ring (bicyclic) bond motifs is 1. The van der Waals surface area contributed by atoms with Gasteiger partial charge in [0.25, 0.3) is 10.0 Å². The lowest BCUT2D eigenvalue weighted by Gasteiger charge is -2.13. The van der Waals surface area contributed by atoms with Gasteiger partial charge in [-0.3, -0.25) is 0 Å². The standard InChI is InChI=1S/C11H12BrNO2S/c1-7(8(2)12)11-9-5-3-4-6-10(9)16(14,15)13-11/h3-8H,1-2H3. The average molecular weight is 302 g/mol. The van der Waals surface area contributed by atoms with Gasteiger partial charge in [-0.15, -0.1) is 0 Å². The van der Waals surface area contributed by atoms with Gasteiger partial charge in [0.05, 0.1) is 10.6 Å². The van der Waals surface area contributed by atoms with E-state index in [1.54, 1.807) is 12.1 Å². The molecule has 2 atom stereocenters. The molecule has 1 aromatic rings. The maximum atomic E-state index is 11.8. The molecule has 0 aliphatic carbocycles. The lowest BCUT2D eigenvalue weighted by Crippen LogP contribution is -2.18. The molecule has 0 spiro atoms. The molecule has 5 heteroatoms. The molecule has 0 aromatic heterocycles. The number of hydrogen-bond donors (Lipinski definition) is 0. The average Bonchev–Trinajstić information content (AvgIpc) is 2.51. The Kier molecular flexibility index (Phi) is 2.92. The molecule has 0 saturated carbocycles. The van der Waals surface area contributed by atoms with E-state index in [1.165, 1.54) is 0 Å². The van der Waals surface area contributed by atoms with E-state index in [-0.39, 0.29) is 10.7 Å². The first-order valence-electron chi connectivity index (χ1n) is 5.02. The van der Waals surface area contributed by atoms with Gasteiger partial charge >= 0.3 is 0 Å². The van der Waals surface area contributed by atoms with Crippen molar-refractivity contribution in [3.05, 3.63) is 29.8 Å². The topological polar surface area (TPSA) is 46.5 Å². The lowest BCUT2D eigenvalue weighted by atomic mass is 9.96. The molecule has 1 aliphatic rings. The fourth-order valence-corrected chi connectivity index (χ4v) is 3.25. The van der Waals surface area contributed by atoms with Crippen LogP contribution in [0.2, 0.25) is 0 Å². The van der Waals surface area contributed by atoms with Gasteiger partial charge < -0.3 is 0 Å². The monoisotopic (exact) mass is 301 g/mol. The molecule has 2 unspecified atom stereocenters. The van der Waals surface area contributed by atoms with Crippen molar-refractivity contribution in [1.29, 1.82) is 0 Å². The molecule has 1 aliphatic heterocycles. The molecule has 3 nitrogen and oxygen atoms in total. The fourth-order valence-electron chi connectivity index (χ4n) is 1.68. The number of rotatable bonds is 2. The normalized spacial score (nSPS) is 21.1. The Morgan fingerprint density at radius 2 is 1.88 bits per heavy atom. The number of sulfonamides is 1. The van der Waals surface area contributed by atoms with E-state index < -0.39 is 10.0 Å². The minimum atomic E-state index is -3.47. The Bertz CT molecular complexity index is 549. The van der Waals surface area contributed by atoms with Crippen LogP contribution in [-0.2, 0) is 10.0 Å². The van der Waals surface area contributed by atoms with E-state index in [4.69, 9.17) is 0 Å². The second-order valence-corrected chi connectivity index (χ2v) is 6.93. The van der Waals surface area contributed by atoms with Gasteiger partial charge in [-0.2, -0.15) is 12.8 Å². The van der Waals surface area contributed by atoms with Crippen LogP contribution in [0.5, 0.6) is 0 Å². The van der Waals surface area contributed by atoms with Crippen molar-refractivity contribution in [3.63, 3.8) is 0 Å². The van der Waals surface area contributed by atoms with Gasteiger partial charge in [0.2, 0.25) is 0 Å².